The van der Waals surface area contributed by atoms with Crippen LogP contribution in [0, 0.1) is 5.82 Å². The number of benzene rings is 1. The highest BCUT2D eigenvalue weighted by Crippen LogP contribution is 2.40. The number of cyclic esters (lactones) is 1. The third kappa shape index (κ3) is 5.08. The van der Waals surface area contributed by atoms with Crippen molar-refractivity contribution >= 4 is 19.6 Å². The first-order valence-corrected chi connectivity index (χ1v) is 12.5. The number of carbonyl (C=O) groups is 1. The number of hydrogen-bond donors (Lipinski definition) is 2. The molecule has 2 N–H and O–H groups in total. The molecule has 1 saturated carbocycles. The Morgan fingerprint density at radius 2 is 2.09 bits per heavy atom. The number of phosphoric acid groups is 1. The van der Waals surface area contributed by atoms with Gasteiger partial charge in [-0.3, -0.25) is 14.4 Å². The van der Waals surface area contributed by atoms with E-state index in [9.17, 15) is 9.36 Å². The molecule has 0 spiro atoms. The van der Waals surface area contributed by atoms with Gasteiger partial charge in [-0.2, -0.15) is 4.80 Å². The van der Waals surface area contributed by atoms with Gasteiger partial charge in [-0.05, 0) is 48.7 Å². The molecule has 2 atom stereocenters. The Kier molecular flexibility index (Phi) is 6.09. The minimum absolute atomic E-state index is 0.0408. The van der Waals surface area contributed by atoms with Crippen LogP contribution in [0.2, 0.25) is 0 Å². The molecule has 1 aliphatic heterocycles. The lowest BCUT2D eigenvalue weighted by Crippen LogP contribution is -2.32. The van der Waals surface area contributed by atoms with E-state index in [1.807, 2.05) is 0 Å². The molecule has 184 valence electrons. The predicted octanol–water partition coefficient (Wildman–Crippen LogP) is 3.09. The summed E-state index contributed by atoms with van der Waals surface area (Å²) in [6, 6.07) is 7.96. The molecule has 3 aromatic rings. The van der Waals surface area contributed by atoms with Gasteiger partial charge < -0.3 is 14.5 Å². The van der Waals surface area contributed by atoms with Crippen molar-refractivity contribution in [2.45, 2.75) is 44.4 Å². The van der Waals surface area contributed by atoms with E-state index in [-0.39, 0.29) is 24.2 Å². The lowest BCUT2D eigenvalue weighted by Gasteiger charge is -2.21. The topological polar surface area (TPSA) is 153 Å². The van der Waals surface area contributed by atoms with Crippen molar-refractivity contribution in [2.75, 3.05) is 11.4 Å². The summed E-state index contributed by atoms with van der Waals surface area (Å²) in [5.41, 5.74) is 1.57. The van der Waals surface area contributed by atoms with Gasteiger partial charge in [0.05, 0.1) is 18.3 Å². The second-order valence-corrected chi connectivity index (χ2v) is 9.53. The molecule has 12 nitrogen and oxygen atoms in total. The molecule has 2 fully saturated rings. The Balaban J connectivity index is 1.31. The number of phosphoric ester groups is 1. The normalized spacial score (nSPS) is 19.1. The van der Waals surface area contributed by atoms with Crippen LogP contribution in [-0.4, -0.2) is 59.8 Å². The molecule has 0 radical (unpaired) electrons. The van der Waals surface area contributed by atoms with Gasteiger partial charge in [0, 0.05) is 17.3 Å². The van der Waals surface area contributed by atoms with Crippen molar-refractivity contribution in [1.82, 2.24) is 25.2 Å². The van der Waals surface area contributed by atoms with Crippen molar-refractivity contribution < 1.29 is 32.8 Å². The van der Waals surface area contributed by atoms with Crippen molar-refractivity contribution in [1.29, 1.82) is 0 Å². The maximum Gasteiger partial charge on any atom is 0.469 e. The fourth-order valence-corrected chi connectivity index (χ4v) is 4.49. The van der Waals surface area contributed by atoms with E-state index < -0.39 is 31.9 Å². The number of tetrazole rings is 1. The van der Waals surface area contributed by atoms with Crippen LogP contribution < -0.4 is 4.90 Å². The maximum atomic E-state index is 15.0. The molecule has 1 amide bonds. The van der Waals surface area contributed by atoms with E-state index in [2.05, 4.69) is 20.4 Å². The molecule has 1 aromatic carbocycles. The van der Waals surface area contributed by atoms with Gasteiger partial charge in [-0.25, -0.2) is 13.8 Å². The standard InChI is InChI=1S/C21H22FN6O6P/c1-2-18(34-35(30,31)32)19-11-27(21(29)33-19)14-6-7-15(16(22)9-14)12-3-8-17(23-10-12)20-24-26-28(25-20)13-4-5-13/h3,6-10,13,18-19H,2,4-5,11H2,1H3,(H2,30,31,32)/t18?,19-/m0/s1. The van der Waals surface area contributed by atoms with Crippen LogP contribution in [0.4, 0.5) is 14.9 Å². The molecular formula is C21H22FN6O6P. The van der Waals surface area contributed by atoms with Gasteiger partial charge in [0.2, 0.25) is 5.82 Å². The smallest absolute Gasteiger partial charge is 0.441 e. The summed E-state index contributed by atoms with van der Waals surface area (Å²) < 4.78 is 36.2. The van der Waals surface area contributed by atoms with Gasteiger partial charge in [0.25, 0.3) is 0 Å². The number of aromatic nitrogens is 5. The molecule has 1 saturated heterocycles. The maximum absolute atomic E-state index is 15.0. The Labute approximate surface area is 198 Å². The first-order chi connectivity index (χ1) is 16.7. The molecule has 35 heavy (non-hydrogen) atoms. The van der Waals surface area contributed by atoms with Crippen LogP contribution in [0.25, 0.3) is 22.6 Å². The average Bonchev–Trinajstić information content (AvgIpc) is 3.42. The summed E-state index contributed by atoms with van der Waals surface area (Å²) >= 11 is 0. The van der Waals surface area contributed by atoms with Crippen molar-refractivity contribution in [3.05, 3.63) is 42.3 Å². The molecule has 0 bridgehead atoms. The highest BCUT2D eigenvalue weighted by Gasteiger charge is 2.40. The summed E-state index contributed by atoms with van der Waals surface area (Å²) in [6.07, 6.45) is 1.12. The number of carbonyl (C=O) groups excluding carboxylic acids is 1. The third-order valence-corrected chi connectivity index (χ3v) is 6.34. The lowest BCUT2D eigenvalue weighted by molar-refractivity contribution is 0.0271. The van der Waals surface area contributed by atoms with Crippen molar-refractivity contribution in [2.24, 2.45) is 0 Å². The van der Waals surface area contributed by atoms with Gasteiger partial charge >= 0.3 is 13.9 Å². The molecule has 2 aromatic heterocycles. The van der Waals surface area contributed by atoms with E-state index in [1.54, 1.807) is 29.9 Å². The zero-order valence-electron chi connectivity index (χ0n) is 18.6. The highest BCUT2D eigenvalue weighted by molar-refractivity contribution is 7.46. The van der Waals surface area contributed by atoms with Crippen LogP contribution in [0.5, 0.6) is 0 Å². The molecule has 1 aliphatic carbocycles. The van der Waals surface area contributed by atoms with E-state index in [4.69, 9.17) is 19.0 Å². The van der Waals surface area contributed by atoms with E-state index in [0.29, 0.717) is 23.1 Å². The Morgan fingerprint density at radius 3 is 2.71 bits per heavy atom. The third-order valence-electron chi connectivity index (χ3n) is 5.79. The fraction of sp³-hybridized carbons (Fsp3) is 0.381. The SMILES string of the molecule is CCC(OP(=O)(O)O)[C@@H]1CN(c2ccc(-c3ccc(-c4nnn(C5CC5)n4)nc3)c(F)c2)C(=O)O1. The molecule has 3 heterocycles. The Hall–Kier alpha value is -3.25. The van der Waals surface area contributed by atoms with Gasteiger partial charge in [-0.15, -0.1) is 10.2 Å². The number of rotatable bonds is 8. The number of ether oxygens (including phenoxy) is 1. The second kappa shape index (κ2) is 9.08. The fourth-order valence-electron chi connectivity index (χ4n) is 3.85. The summed E-state index contributed by atoms with van der Waals surface area (Å²) in [5.74, 6) is -0.181. The molecular weight excluding hydrogens is 482 g/mol. The Bertz CT molecular complexity index is 1290. The summed E-state index contributed by atoms with van der Waals surface area (Å²) in [6.45, 7) is 1.61. The number of nitrogens with zero attached hydrogens (tertiary/aromatic N) is 6. The number of halogens is 1. The summed E-state index contributed by atoms with van der Waals surface area (Å²) in [5, 5.41) is 12.4. The number of hydrogen-bond acceptors (Lipinski definition) is 8. The predicted molar refractivity (Wildman–Crippen MR) is 120 cm³/mol. The summed E-state index contributed by atoms with van der Waals surface area (Å²) in [7, 11) is -4.76. The van der Waals surface area contributed by atoms with Crippen LogP contribution in [-0.2, 0) is 13.8 Å². The minimum atomic E-state index is -4.76. The first kappa shape index (κ1) is 23.5. The monoisotopic (exact) mass is 504 g/mol. The molecule has 1 unspecified atom stereocenters. The van der Waals surface area contributed by atoms with Gasteiger partial charge in [0.15, 0.2) is 0 Å². The lowest BCUT2D eigenvalue weighted by atomic mass is 10.1. The van der Waals surface area contributed by atoms with Crippen LogP contribution >= 0.6 is 7.82 Å². The quantitative estimate of drug-likeness (QED) is 0.438. The van der Waals surface area contributed by atoms with Crippen LogP contribution in [0.1, 0.15) is 32.2 Å². The number of pyridine rings is 1. The Morgan fingerprint density at radius 1 is 1.29 bits per heavy atom. The number of anilines is 1. The van der Waals surface area contributed by atoms with E-state index in [1.165, 1.54) is 23.2 Å². The van der Waals surface area contributed by atoms with Crippen molar-refractivity contribution in [3.63, 3.8) is 0 Å². The minimum Gasteiger partial charge on any atom is -0.441 e. The van der Waals surface area contributed by atoms with Crippen LogP contribution in [0.15, 0.2) is 36.5 Å². The van der Waals surface area contributed by atoms with Gasteiger partial charge in [0.1, 0.15) is 23.7 Å². The van der Waals surface area contributed by atoms with E-state index >= 15 is 4.39 Å². The first-order valence-electron chi connectivity index (χ1n) is 11.0. The summed E-state index contributed by atoms with van der Waals surface area (Å²) in [4.78, 5) is 37.6. The van der Waals surface area contributed by atoms with Crippen LogP contribution in [0.3, 0.4) is 0 Å². The molecule has 5 rings (SSSR count). The van der Waals surface area contributed by atoms with Gasteiger partial charge in [-0.1, -0.05) is 13.0 Å². The highest BCUT2D eigenvalue weighted by atomic mass is 31.2. The number of amides is 1. The molecule has 2 aliphatic rings. The molecule has 14 heteroatoms. The zero-order chi connectivity index (χ0) is 24.7. The van der Waals surface area contributed by atoms with E-state index in [0.717, 1.165) is 12.8 Å². The average molecular weight is 504 g/mol. The zero-order valence-corrected chi connectivity index (χ0v) is 19.5. The second-order valence-electron chi connectivity index (χ2n) is 8.34. The van der Waals surface area contributed by atoms with Crippen molar-refractivity contribution in [3.8, 4) is 22.6 Å². The largest absolute Gasteiger partial charge is 0.469 e.